The van der Waals surface area contributed by atoms with E-state index in [9.17, 15) is 14.9 Å². The lowest BCUT2D eigenvalue weighted by molar-refractivity contribution is -0.384. The standard InChI is InChI=1S/C17H22N4O3S/c1-12(2)10-13(3)20-16(8-9-18-20)19-17(22)11-25-15-6-4-14(5-7-15)21(23)24/h4-9,12-13H,10-11H2,1-3H3,(H,19,22)/t13-/m1/s1. The smallest absolute Gasteiger partial charge is 0.269 e. The number of benzene rings is 1. The van der Waals surface area contributed by atoms with Crippen molar-refractivity contribution in [2.75, 3.05) is 11.1 Å². The van der Waals surface area contributed by atoms with Gasteiger partial charge in [0.25, 0.3) is 5.69 Å². The highest BCUT2D eigenvalue weighted by molar-refractivity contribution is 8.00. The van der Waals surface area contributed by atoms with Crippen molar-refractivity contribution in [3.8, 4) is 0 Å². The van der Waals surface area contributed by atoms with Gasteiger partial charge in [0.05, 0.1) is 22.9 Å². The molecule has 0 bridgehead atoms. The van der Waals surface area contributed by atoms with Crippen LogP contribution in [0.1, 0.15) is 33.2 Å². The number of nitrogens with zero attached hydrogens (tertiary/aromatic N) is 3. The van der Waals surface area contributed by atoms with Crippen LogP contribution in [0.15, 0.2) is 41.4 Å². The fourth-order valence-electron chi connectivity index (χ4n) is 2.54. The number of nitrogens with one attached hydrogen (secondary N) is 1. The summed E-state index contributed by atoms with van der Waals surface area (Å²) in [6.45, 7) is 6.38. The number of non-ortho nitro benzene ring substituents is 1. The number of nitro benzene ring substituents is 1. The van der Waals surface area contributed by atoms with Crippen LogP contribution in [-0.2, 0) is 4.79 Å². The average Bonchev–Trinajstić information content (AvgIpc) is 3.01. The minimum absolute atomic E-state index is 0.0387. The Morgan fingerprint density at radius 3 is 2.56 bits per heavy atom. The Balaban J connectivity index is 1.90. The van der Waals surface area contributed by atoms with E-state index < -0.39 is 4.92 Å². The summed E-state index contributed by atoms with van der Waals surface area (Å²) in [7, 11) is 0. The lowest BCUT2D eigenvalue weighted by atomic mass is 10.1. The molecule has 1 atom stereocenters. The largest absolute Gasteiger partial charge is 0.310 e. The molecular formula is C17H22N4O3S. The SMILES string of the molecule is CC(C)C[C@@H](C)n1nccc1NC(=O)CSc1ccc([N+](=O)[O-])cc1. The summed E-state index contributed by atoms with van der Waals surface area (Å²) in [6.07, 6.45) is 2.65. The molecule has 0 radical (unpaired) electrons. The summed E-state index contributed by atoms with van der Waals surface area (Å²) in [4.78, 5) is 23.2. The second-order valence-corrected chi connectivity index (χ2v) is 7.28. The van der Waals surface area contributed by atoms with Gasteiger partial charge in [-0.1, -0.05) is 13.8 Å². The van der Waals surface area contributed by atoms with Crippen LogP contribution in [0.3, 0.4) is 0 Å². The third-order valence-corrected chi connectivity index (χ3v) is 4.60. The van der Waals surface area contributed by atoms with Gasteiger partial charge in [-0.15, -0.1) is 11.8 Å². The van der Waals surface area contributed by atoms with E-state index in [4.69, 9.17) is 0 Å². The van der Waals surface area contributed by atoms with Gasteiger partial charge in [-0.3, -0.25) is 14.9 Å². The Morgan fingerprint density at radius 1 is 1.28 bits per heavy atom. The molecule has 2 rings (SSSR count). The predicted octanol–water partition coefficient (Wildman–Crippen LogP) is 4.13. The molecule has 0 saturated heterocycles. The fraction of sp³-hybridized carbons (Fsp3) is 0.412. The highest BCUT2D eigenvalue weighted by Crippen LogP contribution is 2.23. The normalized spacial score (nSPS) is 12.2. The Bertz CT molecular complexity index is 728. The molecule has 8 heteroatoms. The molecule has 1 N–H and O–H groups in total. The molecule has 0 aliphatic rings. The van der Waals surface area contributed by atoms with Crippen molar-refractivity contribution in [1.29, 1.82) is 0 Å². The molecule has 0 aliphatic carbocycles. The van der Waals surface area contributed by atoms with Crippen LogP contribution >= 0.6 is 11.8 Å². The second-order valence-electron chi connectivity index (χ2n) is 6.23. The summed E-state index contributed by atoms with van der Waals surface area (Å²) >= 11 is 1.33. The number of hydrogen-bond donors (Lipinski definition) is 1. The predicted molar refractivity (Wildman–Crippen MR) is 98.8 cm³/mol. The van der Waals surface area contributed by atoms with E-state index in [1.807, 2.05) is 4.68 Å². The first-order chi connectivity index (χ1) is 11.9. The van der Waals surface area contributed by atoms with Gasteiger partial charge in [-0.05, 0) is 31.4 Å². The van der Waals surface area contributed by atoms with E-state index in [1.54, 1.807) is 24.4 Å². The van der Waals surface area contributed by atoms with Crippen LogP contribution in [-0.4, -0.2) is 26.4 Å². The minimum atomic E-state index is -0.444. The zero-order valence-corrected chi connectivity index (χ0v) is 15.3. The van der Waals surface area contributed by atoms with Crippen molar-refractivity contribution < 1.29 is 9.72 Å². The number of rotatable bonds is 8. The summed E-state index contributed by atoms with van der Waals surface area (Å²) in [5.41, 5.74) is 0.0387. The van der Waals surface area contributed by atoms with E-state index in [1.165, 1.54) is 23.9 Å². The molecule has 0 saturated carbocycles. The number of carbonyl (C=O) groups is 1. The van der Waals surface area contributed by atoms with E-state index >= 15 is 0 Å². The summed E-state index contributed by atoms with van der Waals surface area (Å²) < 4.78 is 1.83. The molecule has 7 nitrogen and oxygen atoms in total. The molecule has 0 spiro atoms. The van der Waals surface area contributed by atoms with E-state index in [0.717, 1.165) is 11.3 Å². The summed E-state index contributed by atoms with van der Waals surface area (Å²) in [5.74, 6) is 1.31. The van der Waals surface area contributed by atoms with Crippen LogP contribution in [0.25, 0.3) is 0 Å². The first-order valence-electron chi connectivity index (χ1n) is 8.07. The zero-order chi connectivity index (χ0) is 18.4. The van der Waals surface area contributed by atoms with E-state index in [2.05, 4.69) is 31.2 Å². The maximum Gasteiger partial charge on any atom is 0.269 e. The molecule has 2 aromatic rings. The number of amides is 1. The van der Waals surface area contributed by atoms with Gasteiger partial charge >= 0.3 is 0 Å². The van der Waals surface area contributed by atoms with Crippen molar-refractivity contribution in [2.24, 2.45) is 5.92 Å². The molecule has 1 aromatic carbocycles. The number of carbonyl (C=O) groups excluding carboxylic acids is 1. The van der Waals surface area contributed by atoms with E-state index in [0.29, 0.717) is 11.7 Å². The summed E-state index contributed by atoms with van der Waals surface area (Å²) in [5, 5.41) is 17.8. The van der Waals surface area contributed by atoms with Crippen molar-refractivity contribution in [3.05, 3.63) is 46.6 Å². The van der Waals surface area contributed by atoms with E-state index in [-0.39, 0.29) is 23.4 Å². The van der Waals surface area contributed by atoms with Gasteiger partial charge in [-0.2, -0.15) is 5.10 Å². The van der Waals surface area contributed by atoms with Crippen LogP contribution in [0.4, 0.5) is 11.5 Å². The number of hydrogen-bond acceptors (Lipinski definition) is 5. The van der Waals surface area contributed by atoms with Gasteiger partial charge in [0, 0.05) is 23.1 Å². The molecule has 0 fully saturated rings. The maximum absolute atomic E-state index is 12.2. The monoisotopic (exact) mass is 362 g/mol. The molecule has 25 heavy (non-hydrogen) atoms. The molecule has 1 aromatic heterocycles. The second kappa shape index (κ2) is 8.66. The van der Waals surface area contributed by atoms with Gasteiger partial charge in [0.1, 0.15) is 5.82 Å². The highest BCUT2D eigenvalue weighted by atomic mass is 32.2. The van der Waals surface area contributed by atoms with Crippen molar-refractivity contribution in [3.63, 3.8) is 0 Å². The maximum atomic E-state index is 12.2. The Labute approximate surface area is 151 Å². The first-order valence-corrected chi connectivity index (χ1v) is 9.06. The Kier molecular flexibility index (Phi) is 6.58. The minimum Gasteiger partial charge on any atom is -0.310 e. The number of nitro groups is 1. The van der Waals surface area contributed by atoms with Gasteiger partial charge in [0.15, 0.2) is 0 Å². The van der Waals surface area contributed by atoms with Crippen LogP contribution < -0.4 is 5.32 Å². The lowest BCUT2D eigenvalue weighted by Gasteiger charge is -2.17. The van der Waals surface area contributed by atoms with Gasteiger partial charge in [0.2, 0.25) is 5.91 Å². The zero-order valence-electron chi connectivity index (χ0n) is 14.5. The van der Waals surface area contributed by atoms with Gasteiger partial charge in [-0.25, -0.2) is 4.68 Å². The summed E-state index contributed by atoms with van der Waals surface area (Å²) in [6, 6.07) is 8.14. The number of aromatic nitrogens is 2. The molecular weight excluding hydrogens is 340 g/mol. The highest BCUT2D eigenvalue weighted by Gasteiger charge is 2.14. The van der Waals surface area contributed by atoms with Crippen molar-refractivity contribution >= 4 is 29.2 Å². The molecule has 1 heterocycles. The lowest BCUT2D eigenvalue weighted by Crippen LogP contribution is -2.19. The molecule has 134 valence electrons. The van der Waals surface area contributed by atoms with Crippen LogP contribution in [0, 0.1) is 16.0 Å². The van der Waals surface area contributed by atoms with Crippen LogP contribution in [0.2, 0.25) is 0 Å². The fourth-order valence-corrected chi connectivity index (χ4v) is 3.24. The topological polar surface area (TPSA) is 90.1 Å². The average molecular weight is 362 g/mol. The number of thioether (sulfide) groups is 1. The Hall–Kier alpha value is -2.35. The van der Waals surface area contributed by atoms with Crippen LogP contribution in [0.5, 0.6) is 0 Å². The third-order valence-electron chi connectivity index (χ3n) is 3.59. The van der Waals surface area contributed by atoms with Crippen molar-refractivity contribution in [1.82, 2.24) is 9.78 Å². The quantitative estimate of drug-likeness (QED) is 0.433. The molecule has 0 unspecified atom stereocenters. The van der Waals surface area contributed by atoms with Crippen molar-refractivity contribution in [2.45, 2.75) is 38.1 Å². The molecule has 0 aliphatic heterocycles. The molecule has 1 amide bonds. The Morgan fingerprint density at radius 2 is 1.96 bits per heavy atom. The third kappa shape index (κ3) is 5.60. The first kappa shape index (κ1) is 19.0. The number of anilines is 1. The van der Waals surface area contributed by atoms with Gasteiger partial charge < -0.3 is 5.32 Å².